The number of thiophene rings is 1. The molecule has 19 heavy (non-hydrogen) atoms. The van der Waals surface area contributed by atoms with Gasteiger partial charge in [-0.05, 0) is 67.6 Å². The van der Waals surface area contributed by atoms with Crippen molar-refractivity contribution in [1.82, 2.24) is 0 Å². The predicted molar refractivity (Wildman–Crippen MR) is 88.0 cm³/mol. The highest BCUT2D eigenvalue weighted by molar-refractivity contribution is 9.12. The number of nitrogens with two attached hydrogens (primary N) is 1. The zero-order chi connectivity index (χ0) is 13.8. The molecule has 0 aliphatic heterocycles. The van der Waals surface area contributed by atoms with E-state index < -0.39 is 0 Å². The Morgan fingerprint density at radius 1 is 1.26 bits per heavy atom. The summed E-state index contributed by atoms with van der Waals surface area (Å²) in [6.45, 7) is 2.84. The fraction of sp³-hybridized carbons (Fsp3) is 0.286. The second kappa shape index (κ2) is 6.88. The van der Waals surface area contributed by atoms with Crippen LogP contribution in [0.2, 0.25) is 0 Å². The summed E-state index contributed by atoms with van der Waals surface area (Å²) in [4.78, 5) is 0. The van der Waals surface area contributed by atoms with Gasteiger partial charge in [-0.25, -0.2) is 0 Å². The highest BCUT2D eigenvalue weighted by Gasteiger charge is 2.15. The number of hydrogen-bond acceptors (Lipinski definition) is 3. The van der Waals surface area contributed by atoms with Crippen molar-refractivity contribution in [3.8, 4) is 5.75 Å². The van der Waals surface area contributed by atoms with Gasteiger partial charge in [-0.3, -0.25) is 0 Å². The first-order chi connectivity index (χ1) is 9.11. The Balaban J connectivity index is 2.15. The predicted octanol–water partition coefficient (Wildman–Crippen LogP) is 5.11. The first kappa shape index (κ1) is 15.0. The minimum Gasteiger partial charge on any atom is -0.494 e. The average molecular weight is 405 g/mol. The van der Waals surface area contributed by atoms with E-state index in [0.717, 1.165) is 37.5 Å². The smallest absolute Gasteiger partial charge is 0.119 e. The van der Waals surface area contributed by atoms with Gasteiger partial charge in [-0.2, -0.15) is 0 Å². The fourth-order valence-electron chi connectivity index (χ4n) is 1.74. The van der Waals surface area contributed by atoms with Crippen molar-refractivity contribution in [2.75, 3.05) is 6.61 Å². The standard InChI is InChI=1S/C14H15Br2NOS/c1-2-7-18-10-5-3-9(4-6-10)13(17)11-8-12(15)19-14(11)16/h3-6,8,13H,2,7,17H2,1H3. The van der Waals surface area contributed by atoms with Crippen LogP contribution in [0.1, 0.15) is 30.5 Å². The summed E-state index contributed by atoms with van der Waals surface area (Å²) >= 11 is 8.66. The second-order valence-corrected chi connectivity index (χ2v) is 7.92. The largest absolute Gasteiger partial charge is 0.494 e. The van der Waals surface area contributed by atoms with Crippen molar-refractivity contribution in [2.45, 2.75) is 19.4 Å². The molecule has 0 radical (unpaired) electrons. The zero-order valence-electron chi connectivity index (χ0n) is 10.5. The topological polar surface area (TPSA) is 35.2 Å². The lowest BCUT2D eigenvalue weighted by molar-refractivity contribution is 0.317. The average Bonchev–Trinajstić information content (AvgIpc) is 2.75. The van der Waals surface area contributed by atoms with Crippen molar-refractivity contribution in [3.05, 3.63) is 49.0 Å². The Hall–Kier alpha value is -0.360. The lowest BCUT2D eigenvalue weighted by Crippen LogP contribution is -2.11. The fourth-order valence-corrected chi connectivity index (χ4v) is 4.66. The number of halogens is 2. The van der Waals surface area contributed by atoms with E-state index in [4.69, 9.17) is 10.5 Å². The molecule has 1 unspecified atom stereocenters. The molecule has 0 aliphatic carbocycles. The lowest BCUT2D eigenvalue weighted by atomic mass is 10.0. The molecule has 0 aliphatic rings. The highest BCUT2D eigenvalue weighted by atomic mass is 79.9. The van der Waals surface area contributed by atoms with Gasteiger partial charge in [0.25, 0.3) is 0 Å². The van der Waals surface area contributed by atoms with Gasteiger partial charge in [0.15, 0.2) is 0 Å². The molecule has 0 saturated carbocycles. The maximum absolute atomic E-state index is 6.30. The van der Waals surface area contributed by atoms with E-state index in [1.807, 2.05) is 24.3 Å². The lowest BCUT2D eigenvalue weighted by Gasteiger charge is -2.12. The SMILES string of the molecule is CCCOc1ccc(C(N)c2cc(Br)sc2Br)cc1. The Morgan fingerprint density at radius 3 is 2.47 bits per heavy atom. The van der Waals surface area contributed by atoms with Crippen LogP contribution >= 0.6 is 43.2 Å². The number of hydrogen-bond donors (Lipinski definition) is 1. The monoisotopic (exact) mass is 403 g/mol. The third kappa shape index (κ3) is 3.81. The molecule has 0 bridgehead atoms. The quantitative estimate of drug-likeness (QED) is 0.751. The molecule has 2 aromatic rings. The van der Waals surface area contributed by atoms with Gasteiger partial charge in [-0.1, -0.05) is 19.1 Å². The van der Waals surface area contributed by atoms with Gasteiger partial charge < -0.3 is 10.5 Å². The summed E-state index contributed by atoms with van der Waals surface area (Å²) in [5.74, 6) is 0.892. The molecule has 1 aromatic carbocycles. The summed E-state index contributed by atoms with van der Waals surface area (Å²) in [5.41, 5.74) is 8.47. The van der Waals surface area contributed by atoms with Crippen LogP contribution in [-0.2, 0) is 0 Å². The van der Waals surface area contributed by atoms with E-state index in [-0.39, 0.29) is 6.04 Å². The van der Waals surface area contributed by atoms with Crippen LogP contribution < -0.4 is 10.5 Å². The van der Waals surface area contributed by atoms with E-state index in [1.54, 1.807) is 11.3 Å². The third-order valence-electron chi connectivity index (χ3n) is 2.73. The molecule has 1 atom stereocenters. The summed E-state index contributed by atoms with van der Waals surface area (Å²) in [5, 5.41) is 0. The van der Waals surface area contributed by atoms with Gasteiger partial charge in [-0.15, -0.1) is 11.3 Å². The van der Waals surface area contributed by atoms with E-state index in [1.165, 1.54) is 0 Å². The Kier molecular flexibility index (Phi) is 5.45. The minimum absolute atomic E-state index is 0.128. The first-order valence-electron chi connectivity index (χ1n) is 6.05. The van der Waals surface area contributed by atoms with Crippen LogP contribution in [0.3, 0.4) is 0 Å². The molecule has 2 rings (SSSR count). The molecule has 2 nitrogen and oxygen atoms in total. The zero-order valence-corrected chi connectivity index (χ0v) is 14.5. The number of benzene rings is 1. The molecule has 5 heteroatoms. The maximum Gasteiger partial charge on any atom is 0.119 e. The van der Waals surface area contributed by atoms with Crippen LogP contribution in [0.4, 0.5) is 0 Å². The molecular weight excluding hydrogens is 390 g/mol. The molecule has 2 N–H and O–H groups in total. The second-order valence-electron chi connectivity index (χ2n) is 4.17. The Bertz CT molecular complexity index is 539. The summed E-state index contributed by atoms with van der Waals surface area (Å²) in [6, 6.07) is 9.92. The van der Waals surface area contributed by atoms with E-state index in [0.29, 0.717) is 0 Å². The van der Waals surface area contributed by atoms with Crippen LogP contribution in [-0.4, -0.2) is 6.61 Å². The minimum atomic E-state index is -0.128. The normalized spacial score (nSPS) is 12.4. The van der Waals surface area contributed by atoms with Crippen molar-refractivity contribution in [3.63, 3.8) is 0 Å². The number of ether oxygens (including phenoxy) is 1. The van der Waals surface area contributed by atoms with Crippen molar-refractivity contribution in [2.24, 2.45) is 5.73 Å². The maximum atomic E-state index is 6.30. The van der Waals surface area contributed by atoms with Gasteiger partial charge >= 0.3 is 0 Å². The van der Waals surface area contributed by atoms with Crippen LogP contribution in [0.5, 0.6) is 5.75 Å². The molecule has 0 spiro atoms. The molecule has 0 amide bonds. The first-order valence-corrected chi connectivity index (χ1v) is 8.45. The number of rotatable bonds is 5. The van der Waals surface area contributed by atoms with Crippen LogP contribution in [0, 0.1) is 0 Å². The van der Waals surface area contributed by atoms with Crippen molar-refractivity contribution < 1.29 is 4.74 Å². The van der Waals surface area contributed by atoms with E-state index >= 15 is 0 Å². The molecular formula is C14H15Br2NOS. The summed E-state index contributed by atoms with van der Waals surface area (Å²) in [6.07, 6.45) is 1.01. The van der Waals surface area contributed by atoms with Crippen molar-refractivity contribution >= 4 is 43.2 Å². The molecule has 1 aromatic heterocycles. The molecule has 0 saturated heterocycles. The summed E-state index contributed by atoms with van der Waals surface area (Å²) in [7, 11) is 0. The van der Waals surface area contributed by atoms with Gasteiger partial charge in [0.2, 0.25) is 0 Å². The van der Waals surface area contributed by atoms with Crippen LogP contribution in [0.25, 0.3) is 0 Å². The van der Waals surface area contributed by atoms with Crippen molar-refractivity contribution in [1.29, 1.82) is 0 Å². The van der Waals surface area contributed by atoms with Gasteiger partial charge in [0.1, 0.15) is 5.75 Å². The summed E-state index contributed by atoms with van der Waals surface area (Å²) < 4.78 is 7.71. The van der Waals surface area contributed by atoms with Crippen LogP contribution in [0.15, 0.2) is 37.9 Å². The third-order valence-corrected chi connectivity index (χ3v) is 5.12. The van der Waals surface area contributed by atoms with Gasteiger partial charge in [0, 0.05) is 0 Å². The molecule has 1 heterocycles. The highest BCUT2D eigenvalue weighted by Crippen LogP contribution is 2.37. The molecule has 102 valence electrons. The molecule has 0 fully saturated rings. The van der Waals surface area contributed by atoms with E-state index in [9.17, 15) is 0 Å². The van der Waals surface area contributed by atoms with E-state index in [2.05, 4.69) is 44.8 Å². The Labute approximate surface area is 134 Å². The van der Waals surface area contributed by atoms with Gasteiger partial charge in [0.05, 0.1) is 20.2 Å². The Morgan fingerprint density at radius 2 is 1.95 bits per heavy atom.